The number of aliphatic hydroxyl groups is 2. The molecule has 0 aliphatic carbocycles. The SMILES string of the molecule is CC(C)(O)C(=O)N1CN(C(=O)CCO)c2cc(CN3C=CC(OCc4ccc(F)cc4F)=C(Cl)C3)ccc21. The molecule has 8 nitrogen and oxygen atoms in total. The van der Waals surface area contributed by atoms with Crippen molar-refractivity contribution < 1.29 is 33.3 Å². The van der Waals surface area contributed by atoms with Gasteiger partial charge in [0.05, 0.1) is 36.0 Å². The summed E-state index contributed by atoms with van der Waals surface area (Å²) < 4.78 is 32.6. The van der Waals surface area contributed by atoms with Crippen LogP contribution >= 0.6 is 11.6 Å². The van der Waals surface area contributed by atoms with E-state index in [1.54, 1.807) is 24.4 Å². The van der Waals surface area contributed by atoms with Crippen LogP contribution in [0.15, 0.2) is 59.5 Å². The first kappa shape index (κ1) is 27.6. The van der Waals surface area contributed by atoms with E-state index in [2.05, 4.69) is 0 Å². The summed E-state index contributed by atoms with van der Waals surface area (Å²) >= 11 is 6.43. The number of fused-ring (bicyclic) bond motifs is 1. The summed E-state index contributed by atoms with van der Waals surface area (Å²) in [6.07, 6.45) is 3.32. The van der Waals surface area contributed by atoms with Crippen LogP contribution in [0, 0.1) is 11.6 Å². The van der Waals surface area contributed by atoms with Crippen molar-refractivity contribution in [3.63, 3.8) is 0 Å². The molecule has 0 aromatic heterocycles. The number of anilines is 2. The second-order valence-electron chi connectivity index (χ2n) is 9.57. The van der Waals surface area contributed by atoms with Gasteiger partial charge in [0, 0.05) is 24.4 Å². The third-order valence-corrected chi connectivity index (χ3v) is 6.44. The molecule has 202 valence electrons. The third kappa shape index (κ3) is 5.98. The van der Waals surface area contributed by atoms with E-state index < -0.39 is 23.1 Å². The van der Waals surface area contributed by atoms with E-state index in [-0.39, 0.29) is 37.8 Å². The molecule has 0 unspecified atom stereocenters. The first-order valence-corrected chi connectivity index (χ1v) is 12.3. The van der Waals surface area contributed by atoms with Gasteiger partial charge < -0.3 is 19.8 Å². The van der Waals surface area contributed by atoms with Crippen molar-refractivity contribution in [3.05, 3.63) is 82.2 Å². The summed E-state index contributed by atoms with van der Waals surface area (Å²) in [5.74, 6) is -1.88. The Morgan fingerprint density at radius 3 is 2.53 bits per heavy atom. The summed E-state index contributed by atoms with van der Waals surface area (Å²) in [5, 5.41) is 19.9. The van der Waals surface area contributed by atoms with Gasteiger partial charge >= 0.3 is 0 Å². The molecule has 11 heteroatoms. The lowest BCUT2D eigenvalue weighted by atomic mass is 10.1. The zero-order valence-electron chi connectivity index (χ0n) is 21.0. The van der Waals surface area contributed by atoms with E-state index in [0.29, 0.717) is 35.3 Å². The summed E-state index contributed by atoms with van der Waals surface area (Å²) in [5.41, 5.74) is 0.398. The summed E-state index contributed by atoms with van der Waals surface area (Å²) in [6, 6.07) is 8.59. The average molecular weight is 548 g/mol. The minimum atomic E-state index is -1.63. The first-order chi connectivity index (χ1) is 18.0. The van der Waals surface area contributed by atoms with Gasteiger partial charge in [0.15, 0.2) is 0 Å². The van der Waals surface area contributed by atoms with Gasteiger partial charge in [-0.25, -0.2) is 8.78 Å². The molecular weight excluding hydrogens is 520 g/mol. The van der Waals surface area contributed by atoms with Crippen molar-refractivity contribution >= 4 is 34.8 Å². The molecule has 2 amide bonds. The molecule has 2 aromatic carbocycles. The van der Waals surface area contributed by atoms with Gasteiger partial charge in [0.2, 0.25) is 5.91 Å². The van der Waals surface area contributed by atoms with E-state index in [4.69, 9.17) is 16.3 Å². The van der Waals surface area contributed by atoms with Crippen LogP contribution in [0.4, 0.5) is 20.2 Å². The highest BCUT2D eigenvalue weighted by Gasteiger charge is 2.39. The van der Waals surface area contributed by atoms with E-state index >= 15 is 0 Å². The van der Waals surface area contributed by atoms with Gasteiger partial charge in [-0.15, -0.1) is 0 Å². The number of halogens is 3. The van der Waals surface area contributed by atoms with Gasteiger partial charge in [0.1, 0.15) is 36.3 Å². The van der Waals surface area contributed by atoms with Gasteiger partial charge in [-0.2, -0.15) is 0 Å². The maximum absolute atomic E-state index is 13.9. The second-order valence-corrected chi connectivity index (χ2v) is 10.0. The highest BCUT2D eigenvalue weighted by Crippen LogP contribution is 2.39. The van der Waals surface area contributed by atoms with Crippen LogP contribution in [0.5, 0.6) is 0 Å². The van der Waals surface area contributed by atoms with Crippen LogP contribution in [0.2, 0.25) is 0 Å². The molecule has 2 N–H and O–H groups in total. The number of hydrogen-bond acceptors (Lipinski definition) is 6. The highest BCUT2D eigenvalue weighted by molar-refractivity contribution is 6.30. The van der Waals surface area contributed by atoms with Crippen LogP contribution in [0.3, 0.4) is 0 Å². The third-order valence-electron chi connectivity index (χ3n) is 6.13. The van der Waals surface area contributed by atoms with Crippen LogP contribution in [-0.2, 0) is 27.5 Å². The molecule has 0 saturated heterocycles. The lowest BCUT2D eigenvalue weighted by molar-refractivity contribution is -0.133. The number of benzene rings is 2. The number of hydrogen-bond donors (Lipinski definition) is 2. The molecule has 0 atom stereocenters. The average Bonchev–Trinajstić information content (AvgIpc) is 3.22. The lowest BCUT2D eigenvalue weighted by Gasteiger charge is -2.26. The molecule has 0 radical (unpaired) electrons. The molecule has 2 aliphatic rings. The molecule has 0 spiro atoms. The topological polar surface area (TPSA) is 93.5 Å². The quantitative estimate of drug-likeness (QED) is 0.523. The Labute approximate surface area is 224 Å². The second kappa shape index (κ2) is 11.1. The number of aliphatic hydroxyl groups excluding tert-OH is 1. The van der Waals surface area contributed by atoms with E-state index in [9.17, 15) is 28.6 Å². The fourth-order valence-corrected chi connectivity index (χ4v) is 4.46. The Kier molecular flexibility index (Phi) is 8.05. The Balaban J connectivity index is 1.47. The molecule has 0 fully saturated rings. The zero-order chi connectivity index (χ0) is 27.6. The lowest BCUT2D eigenvalue weighted by Crippen LogP contribution is -2.47. The smallest absolute Gasteiger partial charge is 0.259 e. The van der Waals surface area contributed by atoms with Crippen molar-refractivity contribution in [2.45, 2.75) is 39.0 Å². The number of nitrogens with zero attached hydrogens (tertiary/aromatic N) is 3. The fraction of sp³-hybridized carbons (Fsp3) is 0.333. The highest BCUT2D eigenvalue weighted by atomic mass is 35.5. The Bertz CT molecular complexity index is 1310. The zero-order valence-corrected chi connectivity index (χ0v) is 21.7. The van der Waals surface area contributed by atoms with Crippen molar-refractivity contribution in [1.29, 1.82) is 0 Å². The number of rotatable bonds is 8. The summed E-state index contributed by atoms with van der Waals surface area (Å²) in [4.78, 5) is 30.1. The van der Waals surface area contributed by atoms with Crippen LogP contribution in [0.1, 0.15) is 31.4 Å². The number of ether oxygens (including phenoxy) is 1. The maximum atomic E-state index is 13.9. The van der Waals surface area contributed by atoms with Crippen molar-refractivity contribution in [2.75, 3.05) is 29.6 Å². The number of allylic oxidation sites excluding steroid dienone is 1. The summed E-state index contributed by atoms with van der Waals surface area (Å²) in [6.45, 7) is 3.00. The Hall–Kier alpha value is -3.47. The van der Waals surface area contributed by atoms with Crippen molar-refractivity contribution in [3.8, 4) is 0 Å². The van der Waals surface area contributed by atoms with Crippen LogP contribution < -0.4 is 9.80 Å². The molecule has 2 aromatic rings. The molecule has 38 heavy (non-hydrogen) atoms. The largest absolute Gasteiger partial charge is 0.487 e. The molecule has 4 rings (SSSR count). The Morgan fingerprint density at radius 1 is 1.11 bits per heavy atom. The van der Waals surface area contributed by atoms with E-state index in [0.717, 1.165) is 17.7 Å². The van der Waals surface area contributed by atoms with Gasteiger partial charge in [-0.3, -0.25) is 19.4 Å². The van der Waals surface area contributed by atoms with E-state index in [1.165, 1.54) is 29.7 Å². The minimum absolute atomic E-state index is 0.0615. The fourth-order valence-electron chi connectivity index (χ4n) is 4.19. The number of amides is 2. The predicted octanol–water partition coefficient (Wildman–Crippen LogP) is 3.75. The van der Waals surface area contributed by atoms with Gasteiger partial charge in [0.25, 0.3) is 5.91 Å². The predicted molar refractivity (Wildman–Crippen MR) is 138 cm³/mol. The van der Waals surface area contributed by atoms with Gasteiger partial charge in [-0.1, -0.05) is 17.7 Å². The van der Waals surface area contributed by atoms with Gasteiger partial charge in [-0.05, 0) is 49.8 Å². The van der Waals surface area contributed by atoms with Crippen LogP contribution in [0.25, 0.3) is 0 Å². The normalized spacial score (nSPS) is 15.3. The maximum Gasteiger partial charge on any atom is 0.259 e. The molecule has 0 bridgehead atoms. The van der Waals surface area contributed by atoms with Crippen molar-refractivity contribution in [2.24, 2.45) is 0 Å². The monoisotopic (exact) mass is 547 g/mol. The molecule has 2 aliphatic heterocycles. The van der Waals surface area contributed by atoms with E-state index in [1.807, 2.05) is 11.0 Å². The first-order valence-electron chi connectivity index (χ1n) is 11.9. The number of carbonyl (C=O) groups excluding carboxylic acids is 2. The number of carbonyl (C=O) groups is 2. The minimum Gasteiger partial charge on any atom is -0.487 e. The standard InChI is InChI=1S/C27H28ClF2N3O5/c1-27(2,37)26(36)33-16-32(25(35)8-10-34)23-11-17(3-6-22(23)33)13-31-9-7-24(20(28)14-31)38-15-18-4-5-19(29)12-21(18)30/h3-7,9,11-12,34,37H,8,10,13-16H2,1-2H3. The van der Waals surface area contributed by atoms with Crippen LogP contribution in [-0.4, -0.2) is 52.3 Å². The molecule has 2 heterocycles. The Morgan fingerprint density at radius 2 is 1.87 bits per heavy atom. The molecule has 0 saturated carbocycles. The van der Waals surface area contributed by atoms with Crippen molar-refractivity contribution in [1.82, 2.24) is 4.90 Å². The molecular formula is C27H28ClF2N3O5. The summed E-state index contributed by atoms with van der Waals surface area (Å²) in [7, 11) is 0.